The lowest BCUT2D eigenvalue weighted by atomic mass is 9.74. The minimum atomic E-state index is -0.160. The molecule has 96 valence electrons. The molecule has 0 saturated carbocycles. The molecule has 0 aliphatic carbocycles. The van der Waals surface area contributed by atoms with Crippen molar-refractivity contribution in [3.05, 3.63) is 35.6 Å². The third kappa shape index (κ3) is 4.12. The Kier molecular flexibility index (Phi) is 5.13. The molecule has 0 aromatic heterocycles. The Morgan fingerprint density at radius 2 is 1.82 bits per heavy atom. The van der Waals surface area contributed by atoms with Crippen LogP contribution in [0.4, 0.5) is 4.39 Å². The van der Waals surface area contributed by atoms with Crippen molar-refractivity contribution in [2.75, 3.05) is 13.1 Å². The van der Waals surface area contributed by atoms with Crippen molar-refractivity contribution in [1.29, 1.82) is 0 Å². The van der Waals surface area contributed by atoms with Gasteiger partial charge in [-0.05, 0) is 42.0 Å². The van der Waals surface area contributed by atoms with Crippen LogP contribution in [-0.4, -0.2) is 13.1 Å². The van der Waals surface area contributed by atoms with E-state index in [-0.39, 0.29) is 11.2 Å². The topological polar surface area (TPSA) is 12.0 Å². The standard InChI is InChI=1S/C15H24FN/c1-5-17-11-15(4,12(2)3)10-13-6-8-14(16)9-7-13/h6-9,12,17H,5,10-11H2,1-4H3. The molecule has 0 heterocycles. The fourth-order valence-electron chi connectivity index (χ4n) is 1.95. The number of nitrogens with one attached hydrogen (secondary N) is 1. The van der Waals surface area contributed by atoms with Gasteiger partial charge < -0.3 is 5.32 Å². The quantitative estimate of drug-likeness (QED) is 0.796. The summed E-state index contributed by atoms with van der Waals surface area (Å²) < 4.78 is 12.9. The van der Waals surface area contributed by atoms with Crippen molar-refractivity contribution in [1.82, 2.24) is 5.32 Å². The fourth-order valence-corrected chi connectivity index (χ4v) is 1.95. The van der Waals surface area contributed by atoms with Gasteiger partial charge in [0.15, 0.2) is 0 Å². The molecule has 1 N–H and O–H groups in total. The van der Waals surface area contributed by atoms with E-state index in [4.69, 9.17) is 0 Å². The van der Waals surface area contributed by atoms with E-state index in [2.05, 4.69) is 33.0 Å². The predicted octanol–water partition coefficient (Wildman–Crippen LogP) is 3.64. The summed E-state index contributed by atoms with van der Waals surface area (Å²) in [4.78, 5) is 0. The second kappa shape index (κ2) is 6.15. The van der Waals surface area contributed by atoms with Crippen molar-refractivity contribution in [3.63, 3.8) is 0 Å². The molecule has 0 saturated heterocycles. The molecular weight excluding hydrogens is 213 g/mol. The number of benzene rings is 1. The van der Waals surface area contributed by atoms with Gasteiger partial charge in [-0.2, -0.15) is 0 Å². The Morgan fingerprint density at radius 1 is 1.24 bits per heavy atom. The number of rotatable bonds is 6. The normalized spacial score (nSPS) is 14.9. The van der Waals surface area contributed by atoms with Crippen molar-refractivity contribution in [2.24, 2.45) is 11.3 Å². The highest BCUT2D eigenvalue weighted by molar-refractivity contribution is 5.18. The van der Waals surface area contributed by atoms with Gasteiger partial charge in [0, 0.05) is 6.54 Å². The summed E-state index contributed by atoms with van der Waals surface area (Å²) in [6, 6.07) is 6.87. The molecule has 1 atom stereocenters. The van der Waals surface area contributed by atoms with Crippen LogP contribution in [0.2, 0.25) is 0 Å². The molecule has 1 nitrogen and oxygen atoms in total. The Labute approximate surface area is 104 Å². The molecule has 2 heteroatoms. The molecule has 0 spiro atoms. The third-order valence-corrected chi connectivity index (χ3v) is 3.69. The first-order valence-corrected chi connectivity index (χ1v) is 6.43. The first-order chi connectivity index (χ1) is 7.98. The average molecular weight is 237 g/mol. The Hall–Kier alpha value is -0.890. The SMILES string of the molecule is CCNCC(C)(Cc1ccc(F)cc1)C(C)C. The van der Waals surface area contributed by atoms with Crippen LogP contribution in [0.3, 0.4) is 0 Å². The second-order valence-electron chi connectivity index (χ2n) is 5.39. The van der Waals surface area contributed by atoms with E-state index >= 15 is 0 Å². The van der Waals surface area contributed by atoms with Gasteiger partial charge in [-0.15, -0.1) is 0 Å². The van der Waals surface area contributed by atoms with Gasteiger partial charge in [-0.1, -0.05) is 39.8 Å². The maximum Gasteiger partial charge on any atom is 0.123 e. The lowest BCUT2D eigenvalue weighted by molar-refractivity contribution is 0.209. The average Bonchev–Trinajstić information content (AvgIpc) is 2.29. The lowest BCUT2D eigenvalue weighted by Crippen LogP contribution is -2.37. The van der Waals surface area contributed by atoms with Gasteiger partial charge in [0.2, 0.25) is 0 Å². The van der Waals surface area contributed by atoms with Crippen LogP contribution in [0.15, 0.2) is 24.3 Å². The zero-order valence-corrected chi connectivity index (χ0v) is 11.4. The van der Waals surface area contributed by atoms with Gasteiger partial charge in [-0.3, -0.25) is 0 Å². The van der Waals surface area contributed by atoms with Crippen molar-refractivity contribution in [3.8, 4) is 0 Å². The summed E-state index contributed by atoms with van der Waals surface area (Å²) in [5.74, 6) is 0.429. The van der Waals surface area contributed by atoms with Crippen LogP contribution in [0.25, 0.3) is 0 Å². The molecular formula is C15H24FN. The molecule has 1 aromatic carbocycles. The second-order valence-corrected chi connectivity index (χ2v) is 5.39. The molecule has 0 radical (unpaired) electrons. The third-order valence-electron chi connectivity index (χ3n) is 3.69. The fraction of sp³-hybridized carbons (Fsp3) is 0.600. The molecule has 0 bridgehead atoms. The zero-order chi connectivity index (χ0) is 12.9. The van der Waals surface area contributed by atoms with Crippen LogP contribution in [0, 0.1) is 17.2 Å². The monoisotopic (exact) mass is 237 g/mol. The van der Waals surface area contributed by atoms with Crippen molar-refractivity contribution < 1.29 is 4.39 Å². The van der Waals surface area contributed by atoms with E-state index in [0.29, 0.717) is 5.92 Å². The maximum atomic E-state index is 12.9. The van der Waals surface area contributed by atoms with E-state index in [1.54, 1.807) is 12.1 Å². The van der Waals surface area contributed by atoms with E-state index in [1.807, 2.05) is 12.1 Å². The first-order valence-electron chi connectivity index (χ1n) is 6.43. The Morgan fingerprint density at radius 3 is 2.29 bits per heavy atom. The predicted molar refractivity (Wildman–Crippen MR) is 71.6 cm³/mol. The highest BCUT2D eigenvalue weighted by Gasteiger charge is 2.27. The largest absolute Gasteiger partial charge is 0.316 e. The van der Waals surface area contributed by atoms with E-state index in [9.17, 15) is 4.39 Å². The summed E-state index contributed by atoms with van der Waals surface area (Å²) in [5, 5.41) is 3.43. The number of hydrogen-bond acceptors (Lipinski definition) is 1. The highest BCUT2D eigenvalue weighted by atomic mass is 19.1. The smallest absolute Gasteiger partial charge is 0.123 e. The van der Waals surface area contributed by atoms with Crippen molar-refractivity contribution in [2.45, 2.75) is 34.1 Å². The number of halogens is 1. The van der Waals surface area contributed by atoms with E-state index in [1.165, 1.54) is 5.56 Å². The molecule has 0 amide bonds. The molecule has 1 unspecified atom stereocenters. The minimum Gasteiger partial charge on any atom is -0.316 e. The molecule has 0 aliphatic rings. The van der Waals surface area contributed by atoms with Gasteiger partial charge in [0.25, 0.3) is 0 Å². The summed E-state index contributed by atoms with van der Waals surface area (Å²) in [6.45, 7) is 10.9. The van der Waals surface area contributed by atoms with Crippen molar-refractivity contribution >= 4 is 0 Å². The molecule has 0 aliphatic heterocycles. The molecule has 1 aromatic rings. The summed E-state index contributed by atoms with van der Waals surface area (Å²) in [7, 11) is 0. The minimum absolute atomic E-state index is 0.160. The van der Waals surface area contributed by atoms with Gasteiger partial charge in [0.1, 0.15) is 5.82 Å². The van der Waals surface area contributed by atoms with Crippen LogP contribution in [-0.2, 0) is 6.42 Å². The Bertz CT molecular complexity index is 331. The lowest BCUT2D eigenvalue weighted by Gasteiger charge is -2.34. The van der Waals surface area contributed by atoms with E-state index in [0.717, 1.165) is 19.5 Å². The highest BCUT2D eigenvalue weighted by Crippen LogP contribution is 2.30. The van der Waals surface area contributed by atoms with Gasteiger partial charge in [-0.25, -0.2) is 4.39 Å². The molecule has 17 heavy (non-hydrogen) atoms. The van der Waals surface area contributed by atoms with Crippen LogP contribution >= 0.6 is 0 Å². The molecule has 0 fully saturated rings. The van der Waals surface area contributed by atoms with Gasteiger partial charge in [0.05, 0.1) is 0 Å². The maximum absolute atomic E-state index is 12.9. The first kappa shape index (κ1) is 14.2. The number of hydrogen-bond donors (Lipinski definition) is 1. The zero-order valence-electron chi connectivity index (χ0n) is 11.4. The van der Waals surface area contributed by atoms with Crippen LogP contribution in [0.5, 0.6) is 0 Å². The van der Waals surface area contributed by atoms with Crippen LogP contribution in [0.1, 0.15) is 33.3 Å². The van der Waals surface area contributed by atoms with Gasteiger partial charge >= 0.3 is 0 Å². The Balaban J connectivity index is 2.75. The van der Waals surface area contributed by atoms with E-state index < -0.39 is 0 Å². The van der Waals surface area contributed by atoms with Crippen LogP contribution < -0.4 is 5.32 Å². The summed E-state index contributed by atoms with van der Waals surface area (Å²) in [5.41, 5.74) is 1.42. The summed E-state index contributed by atoms with van der Waals surface area (Å²) in [6.07, 6.45) is 0.984. The molecule has 1 rings (SSSR count). The summed E-state index contributed by atoms with van der Waals surface area (Å²) >= 11 is 0.